The summed E-state index contributed by atoms with van der Waals surface area (Å²) in [5.74, 6) is 0.742. The molecule has 0 heterocycles. The van der Waals surface area contributed by atoms with E-state index in [2.05, 4.69) is 12.2 Å². The van der Waals surface area contributed by atoms with Gasteiger partial charge in [-0.15, -0.1) is 0 Å². The van der Waals surface area contributed by atoms with Crippen molar-refractivity contribution in [2.24, 2.45) is 5.92 Å². The van der Waals surface area contributed by atoms with E-state index in [-0.39, 0.29) is 5.82 Å². The molecule has 0 bridgehead atoms. The standard InChI is InChI=1S/C15H22FN/c1-2-12-6-5-7-13(11-10-12)17-15-9-4-3-8-14(15)16/h3-4,8-9,12-13,17H,2,5-7,10-11H2,1H3. The summed E-state index contributed by atoms with van der Waals surface area (Å²) in [4.78, 5) is 0. The lowest BCUT2D eigenvalue weighted by Gasteiger charge is -2.18. The van der Waals surface area contributed by atoms with E-state index < -0.39 is 0 Å². The minimum Gasteiger partial charge on any atom is -0.380 e. The molecule has 0 aliphatic heterocycles. The van der Waals surface area contributed by atoms with Crippen LogP contribution in [0, 0.1) is 11.7 Å². The highest BCUT2D eigenvalue weighted by Crippen LogP contribution is 2.27. The molecule has 94 valence electrons. The van der Waals surface area contributed by atoms with E-state index >= 15 is 0 Å². The van der Waals surface area contributed by atoms with Crippen LogP contribution in [0.25, 0.3) is 0 Å². The van der Waals surface area contributed by atoms with Gasteiger partial charge in [0.1, 0.15) is 5.82 Å². The largest absolute Gasteiger partial charge is 0.380 e. The first-order valence-corrected chi connectivity index (χ1v) is 6.80. The van der Waals surface area contributed by atoms with E-state index in [0.717, 1.165) is 5.92 Å². The Balaban J connectivity index is 1.93. The van der Waals surface area contributed by atoms with Gasteiger partial charge in [0.05, 0.1) is 5.69 Å². The molecule has 0 radical (unpaired) electrons. The number of anilines is 1. The van der Waals surface area contributed by atoms with E-state index in [1.807, 2.05) is 12.1 Å². The van der Waals surface area contributed by atoms with Gasteiger partial charge in [0.25, 0.3) is 0 Å². The van der Waals surface area contributed by atoms with Crippen molar-refractivity contribution in [2.45, 2.75) is 51.5 Å². The van der Waals surface area contributed by atoms with Crippen molar-refractivity contribution in [2.75, 3.05) is 5.32 Å². The summed E-state index contributed by atoms with van der Waals surface area (Å²) in [6.45, 7) is 2.27. The molecule has 2 heteroatoms. The molecular weight excluding hydrogens is 213 g/mol. The Morgan fingerprint density at radius 2 is 2.00 bits per heavy atom. The van der Waals surface area contributed by atoms with Gasteiger partial charge >= 0.3 is 0 Å². The van der Waals surface area contributed by atoms with E-state index in [4.69, 9.17) is 0 Å². The highest BCUT2D eigenvalue weighted by molar-refractivity contribution is 5.45. The molecule has 0 amide bonds. The van der Waals surface area contributed by atoms with Crippen LogP contribution in [0.5, 0.6) is 0 Å². The lowest BCUT2D eigenvalue weighted by Crippen LogP contribution is -2.19. The molecule has 2 rings (SSSR count). The maximum atomic E-state index is 13.5. The summed E-state index contributed by atoms with van der Waals surface area (Å²) in [6.07, 6.45) is 7.52. The zero-order valence-electron chi connectivity index (χ0n) is 10.6. The molecule has 0 saturated heterocycles. The molecule has 2 atom stereocenters. The molecule has 1 aromatic carbocycles. The van der Waals surface area contributed by atoms with Gasteiger partial charge < -0.3 is 5.32 Å². The van der Waals surface area contributed by atoms with E-state index in [0.29, 0.717) is 11.7 Å². The van der Waals surface area contributed by atoms with E-state index in [1.54, 1.807) is 6.07 Å². The number of hydrogen-bond donors (Lipinski definition) is 1. The maximum Gasteiger partial charge on any atom is 0.146 e. The highest BCUT2D eigenvalue weighted by atomic mass is 19.1. The molecule has 1 aliphatic carbocycles. The number of benzene rings is 1. The van der Waals surface area contributed by atoms with Crippen molar-refractivity contribution in [3.63, 3.8) is 0 Å². The zero-order chi connectivity index (χ0) is 12.1. The summed E-state index contributed by atoms with van der Waals surface area (Å²) < 4.78 is 13.5. The van der Waals surface area contributed by atoms with Crippen LogP contribution in [-0.2, 0) is 0 Å². The minimum atomic E-state index is -0.135. The molecule has 1 fully saturated rings. The van der Waals surface area contributed by atoms with Gasteiger partial charge in [-0.1, -0.05) is 38.3 Å². The van der Waals surface area contributed by atoms with Crippen molar-refractivity contribution in [3.05, 3.63) is 30.1 Å². The fourth-order valence-corrected chi connectivity index (χ4v) is 2.73. The Kier molecular flexibility index (Phi) is 4.41. The minimum absolute atomic E-state index is 0.135. The van der Waals surface area contributed by atoms with Crippen molar-refractivity contribution in [3.8, 4) is 0 Å². The third-order valence-corrected chi connectivity index (χ3v) is 3.90. The first-order valence-electron chi connectivity index (χ1n) is 6.80. The van der Waals surface area contributed by atoms with Crippen LogP contribution < -0.4 is 5.32 Å². The van der Waals surface area contributed by atoms with Crippen LogP contribution in [0.2, 0.25) is 0 Å². The summed E-state index contributed by atoms with van der Waals surface area (Å²) >= 11 is 0. The smallest absolute Gasteiger partial charge is 0.146 e. The van der Waals surface area contributed by atoms with Crippen LogP contribution in [0.15, 0.2) is 24.3 Å². The van der Waals surface area contributed by atoms with E-state index in [9.17, 15) is 4.39 Å². The van der Waals surface area contributed by atoms with Gasteiger partial charge in [-0.05, 0) is 37.3 Å². The highest BCUT2D eigenvalue weighted by Gasteiger charge is 2.18. The summed E-state index contributed by atoms with van der Waals surface area (Å²) in [5.41, 5.74) is 0.660. The number of rotatable bonds is 3. The maximum absolute atomic E-state index is 13.5. The second-order valence-corrected chi connectivity index (χ2v) is 5.10. The lowest BCUT2D eigenvalue weighted by atomic mass is 9.98. The summed E-state index contributed by atoms with van der Waals surface area (Å²) in [6, 6.07) is 7.42. The Hall–Kier alpha value is -1.05. The third-order valence-electron chi connectivity index (χ3n) is 3.90. The van der Waals surface area contributed by atoms with Crippen LogP contribution >= 0.6 is 0 Å². The average molecular weight is 235 g/mol. The molecule has 2 unspecified atom stereocenters. The van der Waals surface area contributed by atoms with Crippen molar-refractivity contribution in [1.82, 2.24) is 0 Å². The van der Waals surface area contributed by atoms with Crippen LogP contribution in [0.4, 0.5) is 10.1 Å². The molecular formula is C15H22FN. The Bertz CT molecular complexity index is 351. The second kappa shape index (κ2) is 6.04. The first-order chi connectivity index (χ1) is 8.29. The third kappa shape index (κ3) is 3.45. The predicted octanol–water partition coefficient (Wildman–Crippen LogP) is 4.60. The Morgan fingerprint density at radius 1 is 1.18 bits per heavy atom. The van der Waals surface area contributed by atoms with Gasteiger partial charge in [-0.25, -0.2) is 4.39 Å². The molecule has 1 nitrogen and oxygen atoms in total. The van der Waals surface area contributed by atoms with Gasteiger partial charge in [-0.2, -0.15) is 0 Å². The Morgan fingerprint density at radius 3 is 2.76 bits per heavy atom. The molecule has 0 aromatic heterocycles. The van der Waals surface area contributed by atoms with Gasteiger partial charge in [0.2, 0.25) is 0 Å². The fraction of sp³-hybridized carbons (Fsp3) is 0.600. The molecule has 1 N–H and O–H groups in total. The van der Waals surface area contributed by atoms with Crippen LogP contribution in [0.1, 0.15) is 45.4 Å². The van der Waals surface area contributed by atoms with Gasteiger partial charge in [-0.3, -0.25) is 0 Å². The second-order valence-electron chi connectivity index (χ2n) is 5.10. The lowest BCUT2D eigenvalue weighted by molar-refractivity contribution is 0.444. The van der Waals surface area contributed by atoms with Crippen molar-refractivity contribution in [1.29, 1.82) is 0 Å². The molecule has 1 saturated carbocycles. The van der Waals surface area contributed by atoms with Crippen molar-refractivity contribution < 1.29 is 4.39 Å². The zero-order valence-corrected chi connectivity index (χ0v) is 10.6. The average Bonchev–Trinajstić information content (AvgIpc) is 2.57. The first kappa shape index (κ1) is 12.4. The number of para-hydroxylation sites is 1. The van der Waals surface area contributed by atoms with Crippen LogP contribution in [0.3, 0.4) is 0 Å². The van der Waals surface area contributed by atoms with E-state index in [1.165, 1.54) is 44.6 Å². The number of nitrogens with one attached hydrogen (secondary N) is 1. The molecule has 1 aliphatic rings. The predicted molar refractivity (Wildman–Crippen MR) is 70.7 cm³/mol. The van der Waals surface area contributed by atoms with Crippen molar-refractivity contribution >= 4 is 5.69 Å². The monoisotopic (exact) mass is 235 g/mol. The summed E-state index contributed by atoms with van der Waals surface area (Å²) in [7, 11) is 0. The molecule has 0 spiro atoms. The normalized spacial score (nSPS) is 25.3. The fourth-order valence-electron chi connectivity index (χ4n) is 2.73. The van der Waals surface area contributed by atoms with Gasteiger partial charge in [0.15, 0.2) is 0 Å². The molecule has 1 aromatic rings. The SMILES string of the molecule is CCC1CCCC(Nc2ccccc2F)CC1. The topological polar surface area (TPSA) is 12.0 Å². The molecule has 17 heavy (non-hydrogen) atoms. The quantitative estimate of drug-likeness (QED) is 0.755. The van der Waals surface area contributed by atoms with Crippen LogP contribution in [-0.4, -0.2) is 6.04 Å². The summed E-state index contributed by atoms with van der Waals surface area (Å²) in [5, 5.41) is 3.36. The Labute approximate surface area is 103 Å². The number of hydrogen-bond acceptors (Lipinski definition) is 1. The van der Waals surface area contributed by atoms with Gasteiger partial charge in [0, 0.05) is 6.04 Å². The number of halogens is 1.